The lowest BCUT2D eigenvalue weighted by Crippen LogP contribution is -2.06. The average molecular weight is 363 g/mol. The van der Waals surface area contributed by atoms with E-state index in [1.165, 1.54) is 17.4 Å². The van der Waals surface area contributed by atoms with Crippen LogP contribution in [-0.2, 0) is 0 Å². The van der Waals surface area contributed by atoms with Crippen molar-refractivity contribution in [1.29, 1.82) is 0 Å². The van der Waals surface area contributed by atoms with Crippen LogP contribution < -0.4 is 16.5 Å². The van der Waals surface area contributed by atoms with Crippen LogP contribution in [0.4, 0.5) is 22.7 Å². The quantitative estimate of drug-likeness (QED) is 0.239. The maximum Gasteiger partial charge on any atom is 0.287 e. The molecule has 0 amide bonds. The number of benzene rings is 3. The van der Waals surface area contributed by atoms with E-state index in [-0.39, 0.29) is 11.1 Å². The Balaban J connectivity index is 2.03. The normalized spacial score (nSPS) is 10.9. The van der Waals surface area contributed by atoms with Crippen molar-refractivity contribution in [2.45, 2.75) is 0 Å². The molecule has 0 bridgehead atoms. The summed E-state index contributed by atoms with van der Waals surface area (Å²) in [6.45, 7) is 0. The highest BCUT2D eigenvalue weighted by Gasteiger charge is 2.19. The number of hydrogen-bond donors (Lipinski definition) is 2. The van der Waals surface area contributed by atoms with Crippen molar-refractivity contribution in [2.75, 3.05) is 11.1 Å². The van der Waals surface area contributed by atoms with Gasteiger partial charge in [-0.3, -0.25) is 14.9 Å². The van der Waals surface area contributed by atoms with E-state index in [2.05, 4.69) is 5.32 Å². The van der Waals surface area contributed by atoms with Gasteiger partial charge in [0.25, 0.3) is 5.69 Å². The second kappa shape index (κ2) is 6.12. The standard InChI is InChI=1S/C19H13N3O3S/c20-11-5-7-12(8-6-11)21-14-9-10-15(22(24)25)19-17(14)18(23)13-3-1-2-4-16(13)26-19/h1-10,21H,20H2. The van der Waals surface area contributed by atoms with E-state index < -0.39 is 4.92 Å². The Morgan fingerprint density at radius 2 is 1.73 bits per heavy atom. The monoisotopic (exact) mass is 363 g/mol. The second-order valence-corrected chi connectivity index (χ2v) is 6.82. The van der Waals surface area contributed by atoms with Gasteiger partial charge in [-0.05, 0) is 42.5 Å². The molecule has 0 saturated heterocycles. The van der Waals surface area contributed by atoms with Gasteiger partial charge in [0, 0.05) is 27.5 Å². The zero-order valence-electron chi connectivity index (χ0n) is 13.4. The number of nitrogens with one attached hydrogen (secondary N) is 1. The summed E-state index contributed by atoms with van der Waals surface area (Å²) in [7, 11) is 0. The Morgan fingerprint density at radius 1 is 1.00 bits per heavy atom. The molecule has 4 rings (SSSR count). The molecule has 0 fully saturated rings. The molecular weight excluding hydrogens is 350 g/mol. The smallest absolute Gasteiger partial charge is 0.287 e. The third-order valence-electron chi connectivity index (χ3n) is 4.09. The van der Waals surface area contributed by atoms with Crippen LogP contribution in [0.1, 0.15) is 0 Å². The first kappa shape index (κ1) is 16.0. The van der Waals surface area contributed by atoms with E-state index >= 15 is 0 Å². The van der Waals surface area contributed by atoms with E-state index in [0.717, 1.165) is 10.4 Å². The zero-order chi connectivity index (χ0) is 18.3. The Morgan fingerprint density at radius 3 is 2.46 bits per heavy atom. The van der Waals surface area contributed by atoms with Crippen LogP contribution in [0.25, 0.3) is 20.2 Å². The summed E-state index contributed by atoms with van der Waals surface area (Å²) in [5.41, 5.74) is 7.30. The van der Waals surface area contributed by atoms with E-state index in [0.29, 0.717) is 26.8 Å². The summed E-state index contributed by atoms with van der Waals surface area (Å²) in [6, 6.07) is 17.2. The van der Waals surface area contributed by atoms with Crippen LogP contribution in [-0.4, -0.2) is 4.92 Å². The third kappa shape index (κ3) is 2.64. The molecule has 0 spiro atoms. The van der Waals surface area contributed by atoms with Gasteiger partial charge in [0.1, 0.15) is 4.70 Å². The minimum Gasteiger partial charge on any atom is -0.399 e. The first-order valence-electron chi connectivity index (χ1n) is 7.80. The fourth-order valence-corrected chi connectivity index (χ4v) is 4.05. The minimum absolute atomic E-state index is 0.0734. The van der Waals surface area contributed by atoms with Crippen LogP contribution in [0.2, 0.25) is 0 Å². The topological polar surface area (TPSA) is 98.3 Å². The molecule has 0 atom stereocenters. The van der Waals surface area contributed by atoms with Gasteiger partial charge in [-0.25, -0.2) is 0 Å². The molecule has 128 valence electrons. The van der Waals surface area contributed by atoms with Crippen molar-refractivity contribution in [2.24, 2.45) is 0 Å². The molecule has 6 nitrogen and oxygen atoms in total. The Kier molecular flexibility index (Phi) is 3.78. The van der Waals surface area contributed by atoms with Crippen LogP contribution in [0, 0.1) is 10.1 Å². The molecule has 1 aromatic heterocycles. The zero-order valence-corrected chi connectivity index (χ0v) is 14.2. The number of nitro benzene ring substituents is 1. The van der Waals surface area contributed by atoms with Crippen LogP contribution in [0.3, 0.4) is 0 Å². The second-order valence-electron chi connectivity index (χ2n) is 5.77. The van der Waals surface area contributed by atoms with Gasteiger partial charge in [0.15, 0.2) is 5.43 Å². The molecule has 0 saturated carbocycles. The SMILES string of the molecule is Nc1ccc(Nc2ccc([N+](=O)[O-])c3sc4ccccc4c(=O)c23)cc1. The highest BCUT2D eigenvalue weighted by molar-refractivity contribution is 7.25. The van der Waals surface area contributed by atoms with Crippen LogP contribution >= 0.6 is 11.3 Å². The Bertz CT molecular complexity index is 1220. The van der Waals surface area contributed by atoms with Crippen molar-refractivity contribution < 1.29 is 4.92 Å². The van der Waals surface area contributed by atoms with E-state index in [9.17, 15) is 14.9 Å². The van der Waals surface area contributed by atoms with Gasteiger partial charge >= 0.3 is 0 Å². The Hall–Kier alpha value is -3.45. The summed E-state index contributed by atoms with van der Waals surface area (Å²) in [6.07, 6.45) is 0. The van der Waals surface area contributed by atoms with Crippen molar-refractivity contribution in [3.8, 4) is 0 Å². The molecule has 26 heavy (non-hydrogen) atoms. The number of anilines is 3. The summed E-state index contributed by atoms with van der Waals surface area (Å²) < 4.78 is 1.08. The fraction of sp³-hybridized carbons (Fsp3) is 0. The van der Waals surface area contributed by atoms with Gasteiger partial charge in [-0.15, -0.1) is 11.3 Å². The molecule has 0 aliphatic rings. The fourth-order valence-electron chi connectivity index (χ4n) is 2.86. The predicted octanol–water partition coefficient (Wildman–Crippen LogP) is 4.65. The lowest BCUT2D eigenvalue weighted by atomic mass is 10.1. The maximum absolute atomic E-state index is 13.1. The van der Waals surface area contributed by atoms with Crippen molar-refractivity contribution in [1.82, 2.24) is 0 Å². The summed E-state index contributed by atoms with van der Waals surface area (Å²) >= 11 is 1.25. The number of non-ortho nitro benzene ring substituents is 1. The molecule has 7 heteroatoms. The van der Waals surface area contributed by atoms with E-state index in [1.807, 2.05) is 6.07 Å². The van der Waals surface area contributed by atoms with Gasteiger partial charge in [0.2, 0.25) is 0 Å². The predicted molar refractivity (Wildman–Crippen MR) is 106 cm³/mol. The lowest BCUT2D eigenvalue weighted by molar-refractivity contribution is -0.382. The number of hydrogen-bond acceptors (Lipinski definition) is 6. The molecule has 0 aliphatic carbocycles. The molecule has 3 N–H and O–H groups in total. The summed E-state index contributed by atoms with van der Waals surface area (Å²) in [4.78, 5) is 24.0. The van der Waals surface area contributed by atoms with E-state index in [1.54, 1.807) is 48.5 Å². The van der Waals surface area contributed by atoms with E-state index in [4.69, 9.17) is 5.73 Å². The van der Waals surface area contributed by atoms with Crippen LogP contribution in [0.5, 0.6) is 0 Å². The summed E-state index contributed by atoms with van der Waals surface area (Å²) in [5.74, 6) is 0. The van der Waals surface area contributed by atoms with Gasteiger partial charge in [-0.1, -0.05) is 12.1 Å². The highest BCUT2D eigenvalue weighted by atomic mass is 32.1. The third-order valence-corrected chi connectivity index (χ3v) is 5.29. The first-order valence-corrected chi connectivity index (χ1v) is 8.62. The first-order chi connectivity index (χ1) is 12.5. The van der Waals surface area contributed by atoms with Gasteiger partial charge in [0.05, 0.1) is 16.0 Å². The summed E-state index contributed by atoms with van der Waals surface area (Å²) in [5, 5.41) is 15.5. The molecule has 0 radical (unpaired) electrons. The maximum atomic E-state index is 13.1. The average Bonchev–Trinajstić information content (AvgIpc) is 2.63. The molecular formula is C19H13N3O3S. The van der Waals surface area contributed by atoms with Crippen molar-refractivity contribution in [3.63, 3.8) is 0 Å². The minimum atomic E-state index is -0.458. The number of fused-ring (bicyclic) bond motifs is 2. The van der Waals surface area contributed by atoms with Gasteiger partial charge in [-0.2, -0.15) is 0 Å². The number of nitrogen functional groups attached to an aromatic ring is 1. The molecule has 0 unspecified atom stereocenters. The lowest BCUT2D eigenvalue weighted by Gasteiger charge is -2.10. The molecule has 4 aromatic rings. The number of nitro groups is 1. The molecule has 1 heterocycles. The number of nitrogens with two attached hydrogens (primary N) is 1. The van der Waals surface area contributed by atoms with Crippen molar-refractivity contribution in [3.05, 3.63) is 81.0 Å². The molecule has 3 aromatic carbocycles. The Labute approximate surface area is 151 Å². The number of rotatable bonds is 3. The van der Waals surface area contributed by atoms with Crippen LogP contribution in [0.15, 0.2) is 65.5 Å². The largest absolute Gasteiger partial charge is 0.399 e. The van der Waals surface area contributed by atoms with Gasteiger partial charge < -0.3 is 11.1 Å². The number of nitrogens with zero attached hydrogens (tertiary/aromatic N) is 1. The molecule has 0 aliphatic heterocycles. The highest BCUT2D eigenvalue weighted by Crippen LogP contribution is 2.36. The van der Waals surface area contributed by atoms with Crippen molar-refractivity contribution >= 4 is 54.3 Å².